The van der Waals surface area contributed by atoms with Gasteiger partial charge in [-0.25, -0.2) is 13.1 Å². The topological polar surface area (TPSA) is 90.2 Å². The molecule has 1 unspecified atom stereocenters. The summed E-state index contributed by atoms with van der Waals surface area (Å²) in [6.45, 7) is 1.51. The zero-order valence-corrected chi connectivity index (χ0v) is 12.5. The molecule has 0 fully saturated rings. The van der Waals surface area contributed by atoms with Crippen LogP contribution in [-0.4, -0.2) is 26.2 Å². The van der Waals surface area contributed by atoms with Gasteiger partial charge in [-0.3, -0.25) is 0 Å². The lowest BCUT2D eigenvalue weighted by Crippen LogP contribution is -2.32. The Hall–Kier alpha value is -1.63. The summed E-state index contributed by atoms with van der Waals surface area (Å²) in [6.07, 6.45) is -4.75. The van der Waals surface area contributed by atoms with Gasteiger partial charge < -0.3 is 5.11 Å². The van der Waals surface area contributed by atoms with Crippen LogP contribution in [0.1, 0.15) is 30.9 Å². The van der Waals surface area contributed by atoms with E-state index >= 15 is 0 Å². The smallest absolute Gasteiger partial charge is 0.392 e. The van der Waals surface area contributed by atoms with Gasteiger partial charge in [0.15, 0.2) is 0 Å². The third kappa shape index (κ3) is 4.69. The summed E-state index contributed by atoms with van der Waals surface area (Å²) in [7, 11) is -4.20. The number of sulfonamides is 1. The molecule has 0 heterocycles. The van der Waals surface area contributed by atoms with E-state index in [4.69, 9.17) is 5.26 Å². The highest BCUT2D eigenvalue weighted by atomic mass is 32.2. The summed E-state index contributed by atoms with van der Waals surface area (Å²) in [5.41, 5.74) is -1.97. The Bertz CT molecular complexity index is 666. The minimum atomic E-state index is -4.84. The molecule has 9 heteroatoms. The zero-order valence-electron chi connectivity index (χ0n) is 11.7. The predicted molar refractivity (Wildman–Crippen MR) is 72.3 cm³/mol. The molecule has 1 aromatic rings. The van der Waals surface area contributed by atoms with Gasteiger partial charge in [0.05, 0.1) is 28.2 Å². The third-order valence-corrected chi connectivity index (χ3v) is 4.28. The zero-order chi connectivity index (χ0) is 17.0. The van der Waals surface area contributed by atoms with Gasteiger partial charge >= 0.3 is 6.18 Å². The first-order chi connectivity index (χ1) is 10.1. The van der Waals surface area contributed by atoms with Gasteiger partial charge in [0.1, 0.15) is 0 Å². The van der Waals surface area contributed by atoms with Crippen molar-refractivity contribution in [2.75, 3.05) is 6.54 Å². The summed E-state index contributed by atoms with van der Waals surface area (Å²) in [4.78, 5) is -0.609. The predicted octanol–water partition coefficient (Wildman–Crippen LogP) is 2.02. The molecule has 0 amide bonds. The van der Waals surface area contributed by atoms with Crippen molar-refractivity contribution in [3.05, 3.63) is 29.3 Å². The highest BCUT2D eigenvalue weighted by Crippen LogP contribution is 2.33. The van der Waals surface area contributed by atoms with Crippen molar-refractivity contribution in [3.8, 4) is 6.07 Å². The van der Waals surface area contributed by atoms with Crippen molar-refractivity contribution in [2.24, 2.45) is 0 Å². The number of rotatable bonds is 6. The number of nitriles is 1. The Morgan fingerprint density at radius 3 is 2.55 bits per heavy atom. The Labute approximate surface area is 126 Å². The normalized spacial score (nSPS) is 13.6. The Morgan fingerprint density at radius 1 is 1.41 bits per heavy atom. The molecule has 122 valence electrons. The first-order valence-electron chi connectivity index (χ1n) is 6.41. The molecular formula is C13H15F3N2O3S. The number of alkyl halides is 3. The minimum Gasteiger partial charge on any atom is -0.392 e. The van der Waals surface area contributed by atoms with E-state index in [0.29, 0.717) is 18.9 Å². The molecule has 1 atom stereocenters. The van der Waals surface area contributed by atoms with Crippen LogP contribution in [0.3, 0.4) is 0 Å². The fraction of sp³-hybridized carbons (Fsp3) is 0.462. The van der Waals surface area contributed by atoms with Crippen LogP contribution in [0, 0.1) is 11.3 Å². The average molecular weight is 336 g/mol. The van der Waals surface area contributed by atoms with E-state index in [9.17, 15) is 26.7 Å². The van der Waals surface area contributed by atoms with Crippen molar-refractivity contribution in [3.63, 3.8) is 0 Å². The van der Waals surface area contributed by atoms with Crippen LogP contribution in [0.2, 0.25) is 0 Å². The van der Waals surface area contributed by atoms with E-state index in [2.05, 4.69) is 0 Å². The SMILES string of the molecule is CCCC(O)CNS(=O)(=O)c1ccc(C#N)c(C(F)(F)F)c1. The van der Waals surface area contributed by atoms with Gasteiger partial charge in [0.25, 0.3) is 0 Å². The molecule has 0 aliphatic heterocycles. The van der Waals surface area contributed by atoms with Gasteiger partial charge in [-0.2, -0.15) is 18.4 Å². The van der Waals surface area contributed by atoms with Crippen LogP contribution in [0.25, 0.3) is 0 Å². The van der Waals surface area contributed by atoms with Crippen LogP contribution in [0.4, 0.5) is 13.2 Å². The molecule has 5 nitrogen and oxygen atoms in total. The number of halogens is 3. The number of nitrogens with one attached hydrogen (secondary N) is 1. The first-order valence-corrected chi connectivity index (χ1v) is 7.89. The van der Waals surface area contributed by atoms with E-state index in [-0.39, 0.29) is 6.54 Å². The molecule has 0 saturated heterocycles. The molecule has 0 aliphatic rings. The number of hydrogen-bond acceptors (Lipinski definition) is 4. The second-order valence-electron chi connectivity index (χ2n) is 4.61. The van der Waals surface area contributed by atoms with Crippen molar-refractivity contribution >= 4 is 10.0 Å². The summed E-state index contributed by atoms with van der Waals surface area (Å²) >= 11 is 0. The molecule has 0 radical (unpaired) electrons. The lowest BCUT2D eigenvalue weighted by molar-refractivity contribution is -0.137. The quantitative estimate of drug-likeness (QED) is 0.831. The van der Waals surface area contributed by atoms with Crippen molar-refractivity contribution < 1.29 is 26.7 Å². The molecule has 0 aliphatic carbocycles. The number of benzene rings is 1. The number of nitrogens with zero attached hydrogens (tertiary/aromatic N) is 1. The Morgan fingerprint density at radius 2 is 2.05 bits per heavy atom. The van der Waals surface area contributed by atoms with Crippen molar-refractivity contribution in [2.45, 2.75) is 36.9 Å². The van der Waals surface area contributed by atoms with Crippen LogP contribution in [-0.2, 0) is 16.2 Å². The molecule has 0 saturated carbocycles. The highest BCUT2D eigenvalue weighted by Gasteiger charge is 2.35. The maximum absolute atomic E-state index is 12.8. The summed E-state index contributed by atoms with van der Waals surface area (Å²) in [5, 5.41) is 18.1. The van der Waals surface area contributed by atoms with E-state index in [1.165, 1.54) is 6.07 Å². The van der Waals surface area contributed by atoms with Crippen LogP contribution in [0.5, 0.6) is 0 Å². The van der Waals surface area contributed by atoms with Crippen molar-refractivity contribution in [1.29, 1.82) is 5.26 Å². The molecule has 1 rings (SSSR count). The van der Waals surface area contributed by atoms with Gasteiger partial charge in [-0.05, 0) is 24.6 Å². The van der Waals surface area contributed by atoms with E-state index in [0.717, 1.165) is 12.1 Å². The number of hydrogen-bond donors (Lipinski definition) is 2. The highest BCUT2D eigenvalue weighted by molar-refractivity contribution is 7.89. The fourth-order valence-electron chi connectivity index (χ4n) is 1.75. The van der Waals surface area contributed by atoms with Gasteiger partial charge in [0.2, 0.25) is 10.0 Å². The molecule has 0 bridgehead atoms. The maximum atomic E-state index is 12.8. The van der Waals surface area contributed by atoms with Gasteiger partial charge in [0, 0.05) is 6.54 Å². The van der Waals surface area contributed by atoms with E-state index in [1.54, 1.807) is 6.92 Å². The minimum absolute atomic E-state index is 0.294. The molecule has 1 aromatic carbocycles. The Kier molecular flexibility index (Phi) is 5.93. The first kappa shape index (κ1) is 18.4. The molecule has 2 N–H and O–H groups in total. The third-order valence-electron chi connectivity index (χ3n) is 2.86. The molecule has 0 aromatic heterocycles. The summed E-state index contributed by atoms with van der Waals surface area (Å²) in [5.74, 6) is 0. The molecule has 22 heavy (non-hydrogen) atoms. The second-order valence-corrected chi connectivity index (χ2v) is 6.38. The van der Waals surface area contributed by atoms with Crippen LogP contribution >= 0.6 is 0 Å². The lowest BCUT2D eigenvalue weighted by Gasteiger charge is -2.13. The van der Waals surface area contributed by atoms with E-state index in [1.807, 2.05) is 4.72 Å². The van der Waals surface area contributed by atoms with Gasteiger partial charge in [-0.15, -0.1) is 0 Å². The Balaban J connectivity index is 3.09. The van der Waals surface area contributed by atoms with Crippen LogP contribution < -0.4 is 4.72 Å². The summed E-state index contributed by atoms with van der Waals surface area (Å²) < 4.78 is 64.4. The van der Waals surface area contributed by atoms with E-state index < -0.39 is 38.3 Å². The van der Waals surface area contributed by atoms with Crippen molar-refractivity contribution in [1.82, 2.24) is 4.72 Å². The molecule has 0 spiro atoms. The summed E-state index contributed by atoms with van der Waals surface area (Å²) in [6, 6.07) is 3.51. The molecular weight excluding hydrogens is 321 g/mol. The average Bonchev–Trinajstić information content (AvgIpc) is 2.44. The number of aliphatic hydroxyl groups excluding tert-OH is 1. The fourth-order valence-corrected chi connectivity index (χ4v) is 2.85. The monoisotopic (exact) mass is 336 g/mol. The number of aliphatic hydroxyl groups is 1. The largest absolute Gasteiger partial charge is 0.417 e. The second kappa shape index (κ2) is 7.09. The standard InChI is InChI=1S/C13H15F3N2O3S/c1-2-3-10(19)8-18-22(20,21)11-5-4-9(7-17)12(6-11)13(14,15)16/h4-6,10,18-19H,2-3,8H2,1H3. The maximum Gasteiger partial charge on any atom is 0.417 e. The lowest BCUT2D eigenvalue weighted by atomic mass is 10.1. The van der Waals surface area contributed by atoms with Crippen LogP contribution in [0.15, 0.2) is 23.1 Å². The van der Waals surface area contributed by atoms with Gasteiger partial charge in [-0.1, -0.05) is 13.3 Å².